The lowest BCUT2D eigenvalue weighted by atomic mass is 10.3. The molecular formula is C10H22N3O2P. The Morgan fingerprint density at radius 2 is 1.81 bits per heavy atom. The quantitative estimate of drug-likeness (QED) is 0.404. The van der Waals surface area contributed by atoms with Crippen LogP contribution in [0.25, 0.3) is 0 Å². The largest absolute Gasteiger partial charge is 0.321 e. The summed E-state index contributed by atoms with van der Waals surface area (Å²) in [7, 11) is -1.16. The van der Waals surface area contributed by atoms with E-state index in [1.807, 2.05) is 6.07 Å². The van der Waals surface area contributed by atoms with E-state index in [0.29, 0.717) is 25.1 Å². The molecule has 0 saturated heterocycles. The maximum atomic E-state index is 8.46. The van der Waals surface area contributed by atoms with Crippen LogP contribution in [0.2, 0.25) is 0 Å². The molecule has 0 amide bonds. The van der Waals surface area contributed by atoms with Crippen molar-refractivity contribution in [1.82, 2.24) is 4.67 Å². The molecule has 0 aromatic rings. The molecule has 6 heteroatoms. The molecule has 0 aromatic heterocycles. The van der Waals surface area contributed by atoms with Gasteiger partial charge in [0.15, 0.2) is 0 Å². The normalized spacial score (nSPS) is 13.4. The third-order valence-electron chi connectivity index (χ3n) is 1.85. The summed E-state index contributed by atoms with van der Waals surface area (Å²) in [4.78, 5) is 0. The first-order valence-corrected chi connectivity index (χ1v) is 6.58. The predicted molar refractivity (Wildman–Crippen MR) is 65.4 cm³/mol. The number of nitriles is 1. The van der Waals surface area contributed by atoms with Crippen LogP contribution in [0.3, 0.4) is 0 Å². The zero-order valence-corrected chi connectivity index (χ0v) is 11.4. The molecule has 0 aliphatic rings. The van der Waals surface area contributed by atoms with Crippen molar-refractivity contribution in [2.24, 2.45) is 5.73 Å². The van der Waals surface area contributed by atoms with Crippen LogP contribution in [0, 0.1) is 11.3 Å². The summed E-state index contributed by atoms with van der Waals surface area (Å²) in [6, 6.07) is 2.68. The molecule has 0 fully saturated rings. The zero-order valence-electron chi connectivity index (χ0n) is 10.5. The minimum absolute atomic E-state index is 0.133. The fraction of sp³-hybridized carbons (Fsp3) is 0.900. The van der Waals surface area contributed by atoms with E-state index in [4.69, 9.17) is 20.0 Å². The van der Waals surface area contributed by atoms with Crippen LogP contribution >= 0.6 is 8.53 Å². The molecule has 16 heavy (non-hydrogen) atoms. The van der Waals surface area contributed by atoms with Gasteiger partial charge in [-0.1, -0.05) is 0 Å². The number of hydrogen-bond acceptors (Lipinski definition) is 5. The van der Waals surface area contributed by atoms with Gasteiger partial charge in [-0.05, 0) is 27.7 Å². The lowest BCUT2D eigenvalue weighted by Crippen LogP contribution is -2.34. The third kappa shape index (κ3) is 5.74. The van der Waals surface area contributed by atoms with Gasteiger partial charge in [0.2, 0.25) is 0 Å². The summed E-state index contributed by atoms with van der Waals surface area (Å²) >= 11 is 0. The molecule has 0 aliphatic carbocycles. The fourth-order valence-corrected chi connectivity index (χ4v) is 2.85. The highest BCUT2D eigenvalue weighted by atomic mass is 31.2. The lowest BCUT2D eigenvalue weighted by Gasteiger charge is -2.35. The molecule has 2 N–H and O–H groups in total. The molecule has 0 saturated carbocycles. The summed E-state index contributed by atoms with van der Waals surface area (Å²) in [6.45, 7) is 8.86. The van der Waals surface area contributed by atoms with Gasteiger partial charge >= 0.3 is 0 Å². The fourth-order valence-electron chi connectivity index (χ4n) is 1.38. The van der Waals surface area contributed by atoms with Gasteiger partial charge in [-0.15, -0.1) is 0 Å². The molecule has 1 atom stereocenters. The Kier molecular flexibility index (Phi) is 8.73. The third-order valence-corrected chi connectivity index (χ3v) is 3.92. The molecule has 0 spiro atoms. The molecule has 0 rings (SSSR count). The van der Waals surface area contributed by atoms with Crippen molar-refractivity contribution < 1.29 is 9.05 Å². The van der Waals surface area contributed by atoms with Gasteiger partial charge in [0.05, 0.1) is 19.1 Å². The summed E-state index contributed by atoms with van der Waals surface area (Å²) in [6.07, 6.45) is 0.372. The predicted octanol–water partition coefficient (Wildman–Crippen LogP) is 2.20. The second kappa shape index (κ2) is 8.86. The minimum Gasteiger partial charge on any atom is -0.321 e. The number of nitrogens with zero attached hydrogens (tertiary/aromatic N) is 2. The van der Waals surface area contributed by atoms with E-state index in [9.17, 15) is 0 Å². The van der Waals surface area contributed by atoms with E-state index in [2.05, 4.69) is 32.4 Å². The van der Waals surface area contributed by atoms with Crippen molar-refractivity contribution in [2.75, 3.05) is 13.3 Å². The van der Waals surface area contributed by atoms with Crippen molar-refractivity contribution in [3.05, 3.63) is 0 Å². The Bertz CT molecular complexity index is 211. The first-order chi connectivity index (χ1) is 7.54. The molecule has 5 nitrogen and oxygen atoms in total. The van der Waals surface area contributed by atoms with Crippen molar-refractivity contribution >= 4 is 8.53 Å². The summed E-state index contributed by atoms with van der Waals surface area (Å²) in [5.41, 5.74) is 5.39. The van der Waals surface area contributed by atoms with E-state index in [1.165, 1.54) is 0 Å². The van der Waals surface area contributed by atoms with E-state index in [0.717, 1.165) is 0 Å². The van der Waals surface area contributed by atoms with E-state index in [-0.39, 0.29) is 6.73 Å². The van der Waals surface area contributed by atoms with Gasteiger partial charge in [0.25, 0.3) is 8.53 Å². The molecule has 0 heterocycles. The SMILES string of the molecule is CC(C)N(C(C)C)P(OCN)OCCC#N. The number of nitrogens with two attached hydrogens (primary N) is 1. The Hall–Kier alpha value is -0.240. The van der Waals surface area contributed by atoms with Crippen molar-refractivity contribution in [1.29, 1.82) is 5.26 Å². The summed E-state index contributed by atoms with van der Waals surface area (Å²) in [5, 5.41) is 8.46. The monoisotopic (exact) mass is 247 g/mol. The van der Waals surface area contributed by atoms with Crippen molar-refractivity contribution in [2.45, 2.75) is 46.2 Å². The molecule has 0 radical (unpaired) electrons. The van der Waals surface area contributed by atoms with E-state index in [1.54, 1.807) is 0 Å². The second-order valence-electron chi connectivity index (χ2n) is 3.84. The van der Waals surface area contributed by atoms with Crippen LogP contribution in [0.15, 0.2) is 0 Å². The molecule has 0 aliphatic heterocycles. The molecule has 94 valence electrons. The maximum Gasteiger partial charge on any atom is 0.260 e. The van der Waals surface area contributed by atoms with Crippen LogP contribution < -0.4 is 5.73 Å². The Balaban J connectivity index is 4.39. The van der Waals surface area contributed by atoms with Gasteiger partial charge in [-0.2, -0.15) is 5.26 Å². The van der Waals surface area contributed by atoms with Gasteiger partial charge in [-0.25, -0.2) is 4.67 Å². The highest BCUT2D eigenvalue weighted by Gasteiger charge is 2.26. The highest BCUT2D eigenvalue weighted by molar-refractivity contribution is 7.44. The Morgan fingerprint density at radius 1 is 1.25 bits per heavy atom. The molecule has 1 unspecified atom stereocenters. The summed E-state index contributed by atoms with van der Waals surface area (Å²) < 4.78 is 13.1. The minimum atomic E-state index is -1.16. The van der Waals surface area contributed by atoms with Gasteiger partial charge in [0.1, 0.15) is 6.73 Å². The van der Waals surface area contributed by atoms with Crippen LogP contribution in [-0.2, 0) is 9.05 Å². The van der Waals surface area contributed by atoms with Crippen LogP contribution in [-0.4, -0.2) is 30.1 Å². The smallest absolute Gasteiger partial charge is 0.260 e. The maximum absolute atomic E-state index is 8.46. The molecule has 0 bridgehead atoms. The van der Waals surface area contributed by atoms with Crippen molar-refractivity contribution in [3.8, 4) is 6.07 Å². The first-order valence-electron chi connectivity index (χ1n) is 5.45. The standard InChI is InChI=1S/C10H22N3O2P/c1-9(2)13(10(3)4)16(15-8-12)14-7-5-6-11/h9-10H,5,7-8,12H2,1-4H3. The second-order valence-corrected chi connectivity index (χ2v) is 5.30. The first kappa shape index (κ1) is 15.8. The lowest BCUT2D eigenvalue weighted by molar-refractivity contribution is 0.179. The molecular weight excluding hydrogens is 225 g/mol. The highest BCUT2D eigenvalue weighted by Crippen LogP contribution is 2.45. The van der Waals surface area contributed by atoms with Crippen molar-refractivity contribution in [3.63, 3.8) is 0 Å². The Labute approximate surface area is 99.5 Å². The summed E-state index contributed by atoms with van der Waals surface area (Å²) in [5.74, 6) is 0. The van der Waals surface area contributed by atoms with Crippen LogP contribution in [0.5, 0.6) is 0 Å². The number of rotatable bonds is 8. The van der Waals surface area contributed by atoms with Gasteiger partial charge in [0, 0.05) is 12.1 Å². The topological polar surface area (TPSA) is 71.5 Å². The van der Waals surface area contributed by atoms with Gasteiger partial charge in [-0.3, -0.25) is 0 Å². The molecule has 0 aromatic carbocycles. The van der Waals surface area contributed by atoms with Crippen LogP contribution in [0.1, 0.15) is 34.1 Å². The van der Waals surface area contributed by atoms with Gasteiger partial charge < -0.3 is 14.8 Å². The average Bonchev–Trinajstić information content (AvgIpc) is 2.17. The zero-order chi connectivity index (χ0) is 12.6. The van der Waals surface area contributed by atoms with E-state index >= 15 is 0 Å². The van der Waals surface area contributed by atoms with E-state index < -0.39 is 8.53 Å². The average molecular weight is 247 g/mol. The Morgan fingerprint density at radius 3 is 2.19 bits per heavy atom. The number of hydrogen-bond donors (Lipinski definition) is 1. The van der Waals surface area contributed by atoms with Crippen LogP contribution in [0.4, 0.5) is 0 Å².